The second-order valence-electron chi connectivity index (χ2n) is 4.40. The van der Waals surface area contributed by atoms with Gasteiger partial charge in [0.15, 0.2) is 0 Å². The quantitative estimate of drug-likeness (QED) is 0.865. The van der Waals surface area contributed by atoms with Crippen molar-refractivity contribution in [3.63, 3.8) is 0 Å². The van der Waals surface area contributed by atoms with E-state index in [0.29, 0.717) is 18.7 Å². The van der Waals surface area contributed by atoms with Crippen molar-refractivity contribution >= 4 is 11.3 Å². The van der Waals surface area contributed by atoms with Crippen molar-refractivity contribution in [3.8, 4) is 0 Å². The summed E-state index contributed by atoms with van der Waals surface area (Å²) in [5.41, 5.74) is 0.993. The second-order valence-corrected chi connectivity index (χ2v) is 5.34. The molecule has 2 aromatic heterocycles. The van der Waals surface area contributed by atoms with Gasteiger partial charge in [0.25, 0.3) is 5.56 Å². The molecule has 0 saturated heterocycles. The molecule has 19 heavy (non-hydrogen) atoms. The van der Waals surface area contributed by atoms with E-state index in [2.05, 4.69) is 10.3 Å². The summed E-state index contributed by atoms with van der Waals surface area (Å²) in [5, 5.41) is 6.14. The summed E-state index contributed by atoms with van der Waals surface area (Å²) >= 11 is 1.59. The highest BCUT2D eigenvalue weighted by Crippen LogP contribution is 2.07. The first kappa shape index (κ1) is 13.7. The van der Waals surface area contributed by atoms with E-state index in [1.54, 1.807) is 24.6 Å². The Kier molecular flexibility index (Phi) is 3.96. The Morgan fingerprint density at radius 1 is 1.32 bits per heavy atom. The number of nitrogens with zero attached hydrogens (tertiary/aromatic N) is 3. The standard InChI is InChI=1S/C12H16N4O2S/c1-8-7-19-10(14-8)5-13-4-9-6-15(2)12(18)16(3)11(9)17/h6-7,13H,4-5H2,1-3H3. The molecule has 0 aliphatic heterocycles. The molecule has 0 fully saturated rings. The van der Waals surface area contributed by atoms with Crippen LogP contribution in [0.2, 0.25) is 0 Å². The molecule has 0 atom stereocenters. The Morgan fingerprint density at radius 2 is 2.05 bits per heavy atom. The predicted molar refractivity (Wildman–Crippen MR) is 74.3 cm³/mol. The van der Waals surface area contributed by atoms with Gasteiger partial charge in [0.1, 0.15) is 5.01 Å². The number of aryl methyl sites for hydroxylation is 2. The smallest absolute Gasteiger partial charge is 0.306 e. The largest absolute Gasteiger partial charge is 0.330 e. The second kappa shape index (κ2) is 5.50. The Balaban J connectivity index is 2.08. The Bertz CT molecular complexity index is 698. The van der Waals surface area contributed by atoms with E-state index in [9.17, 15) is 9.59 Å². The van der Waals surface area contributed by atoms with Gasteiger partial charge in [-0.2, -0.15) is 0 Å². The summed E-state index contributed by atoms with van der Waals surface area (Å²) in [6.07, 6.45) is 1.57. The molecule has 7 heteroatoms. The molecular weight excluding hydrogens is 264 g/mol. The average Bonchev–Trinajstić information content (AvgIpc) is 2.79. The minimum Gasteiger partial charge on any atom is -0.306 e. The molecule has 2 aromatic rings. The topological polar surface area (TPSA) is 68.9 Å². The van der Waals surface area contributed by atoms with Crippen LogP contribution >= 0.6 is 11.3 Å². The van der Waals surface area contributed by atoms with E-state index in [1.165, 1.54) is 11.6 Å². The number of rotatable bonds is 4. The van der Waals surface area contributed by atoms with E-state index >= 15 is 0 Å². The summed E-state index contributed by atoms with van der Waals surface area (Å²) in [4.78, 5) is 27.8. The van der Waals surface area contributed by atoms with Gasteiger partial charge in [-0.15, -0.1) is 11.3 Å². The average molecular weight is 280 g/mol. The molecule has 0 spiro atoms. The van der Waals surface area contributed by atoms with Gasteiger partial charge in [-0.05, 0) is 6.92 Å². The van der Waals surface area contributed by atoms with Crippen LogP contribution in [-0.4, -0.2) is 14.1 Å². The fourth-order valence-corrected chi connectivity index (χ4v) is 2.53. The lowest BCUT2D eigenvalue weighted by Crippen LogP contribution is -2.39. The monoisotopic (exact) mass is 280 g/mol. The van der Waals surface area contributed by atoms with Crippen LogP contribution in [0, 0.1) is 6.92 Å². The summed E-state index contributed by atoms with van der Waals surface area (Å²) < 4.78 is 2.52. The molecule has 0 radical (unpaired) electrons. The molecule has 0 amide bonds. The van der Waals surface area contributed by atoms with Gasteiger partial charge in [0.2, 0.25) is 0 Å². The van der Waals surface area contributed by atoms with E-state index in [0.717, 1.165) is 15.3 Å². The van der Waals surface area contributed by atoms with Gasteiger partial charge in [-0.1, -0.05) is 0 Å². The van der Waals surface area contributed by atoms with Crippen molar-refractivity contribution in [2.75, 3.05) is 0 Å². The lowest BCUT2D eigenvalue weighted by molar-refractivity contribution is 0.629. The molecule has 0 aromatic carbocycles. The Morgan fingerprint density at radius 3 is 2.68 bits per heavy atom. The van der Waals surface area contributed by atoms with Crippen LogP contribution in [0.15, 0.2) is 21.2 Å². The molecule has 0 bridgehead atoms. The normalized spacial score (nSPS) is 10.9. The van der Waals surface area contributed by atoms with Gasteiger partial charge >= 0.3 is 5.69 Å². The number of aromatic nitrogens is 3. The van der Waals surface area contributed by atoms with Crippen molar-refractivity contribution in [2.45, 2.75) is 20.0 Å². The minimum atomic E-state index is -0.315. The lowest BCUT2D eigenvalue weighted by Gasteiger charge is -2.07. The van der Waals surface area contributed by atoms with Gasteiger partial charge < -0.3 is 9.88 Å². The van der Waals surface area contributed by atoms with Crippen molar-refractivity contribution in [1.29, 1.82) is 0 Å². The number of nitrogens with one attached hydrogen (secondary N) is 1. The zero-order valence-corrected chi connectivity index (χ0v) is 12.0. The maximum Gasteiger partial charge on any atom is 0.330 e. The third kappa shape index (κ3) is 2.99. The van der Waals surface area contributed by atoms with Crippen molar-refractivity contribution in [1.82, 2.24) is 19.4 Å². The van der Waals surface area contributed by atoms with Crippen LogP contribution in [0.1, 0.15) is 16.3 Å². The maximum atomic E-state index is 11.9. The minimum absolute atomic E-state index is 0.258. The highest BCUT2D eigenvalue weighted by atomic mass is 32.1. The molecule has 2 rings (SSSR count). The number of thiazole rings is 1. The SMILES string of the molecule is Cc1csc(CNCc2cn(C)c(=O)n(C)c2=O)n1. The first-order valence-electron chi connectivity index (χ1n) is 5.86. The van der Waals surface area contributed by atoms with Gasteiger partial charge in [0, 0.05) is 50.0 Å². The van der Waals surface area contributed by atoms with E-state index in [4.69, 9.17) is 0 Å². The summed E-state index contributed by atoms with van der Waals surface area (Å²) in [5.74, 6) is 0. The highest BCUT2D eigenvalue weighted by molar-refractivity contribution is 7.09. The lowest BCUT2D eigenvalue weighted by atomic mass is 10.3. The molecule has 102 valence electrons. The van der Waals surface area contributed by atoms with Crippen molar-refractivity contribution in [2.24, 2.45) is 14.1 Å². The van der Waals surface area contributed by atoms with E-state index in [1.807, 2.05) is 12.3 Å². The van der Waals surface area contributed by atoms with Crippen LogP contribution < -0.4 is 16.6 Å². The van der Waals surface area contributed by atoms with Crippen LogP contribution in [0.5, 0.6) is 0 Å². The van der Waals surface area contributed by atoms with Gasteiger partial charge in [-0.3, -0.25) is 9.36 Å². The van der Waals surface area contributed by atoms with E-state index < -0.39 is 0 Å². The molecule has 6 nitrogen and oxygen atoms in total. The molecule has 0 aliphatic carbocycles. The molecule has 0 unspecified atom stereocenters. The Hall–Kier alpha value is -1.73. The molecule has 0 aliphatic rings. The third-order valence-electron chi connectivity index (χ3n) is 2.78. The van der Waals surface area contributed by atoms with Gasteiger partial charge in [-0.25, -0.2) is 9.78 Å². The van der Waals surface area contributed by atoms with Crippen LogP contribution in [0.3, 0.4) is 0 Å². The summed E-state index contributed by atoms with van der Waals surface area (Å²) in [7, 11) is 3.12. The fourth-order valence-electron chi connectivity index (χ4n) is 1.79. The van der Waals surface area contributed by atoms with E-state index in [-0.39, 0.29) is 11.2 Å². The zero-order valence-electron chi connectivity index (χ0n) is 11.1. The molecular formula is C12H16N4O2S. The number of hydrogen-bond acceptors (Lipinski definition) is 5. The van der Waals surface area contributed by atoms with Crippen LogP contribution in [-0.2, 0) is 27.2 Å². The molecule has 0 saturated carbocycles. The first-order chi connectivity index (χ1) is 8.99. The fraction of sp³-hybridized carbons (Fsp3) is 0.417. The third-order valence-corrected chi connectivity index (χ3v) is 3.74. The Labute approximate surface area is 114 Å². The van der Waals surface area contributed by atoms with Crippen molar-refractivity contribution in [3.05, 3.63) is 48.7 Å². The molecule has 1 N–H and O–H groups in total. The first-order valence-corrected chi connectivity index (χ1v) is 6.74. The summed E-state index contributed by atoms with van der Waals surface area (Å²) in [6.45, 7) is 2.98. The highest BCUT2D eigenvalue weighted by Gasteiger charge is 2.06. The van der Waals surface area contributed by atoms with Gasteiger partial charge in [0.05, 0.1) is 0 Å². The maximum absolute atomic E-state index is 11.9. The van der Waals surface area contributed by atoms with Crippen molar-refractivity contribution < 1.29 is 0 Å². The van der Waals surface area contributed by atoms with Crippen LogP contribution in [0.25, 0.3) is 0 Å². The van der Waals surface area contributed by atoms with Crippen LogP contribution in [0.4, 0.5) is 0 Å². The predicted octanol–water partition coefficient (Wildman–Crippen LogP) is 0.139. The molecule has 2 heterocycles. The summed E-state index contributed by atoms with van der Waals surface area (Å²) in [6, 6.07) is 0. The number of hydrogen-bond donors (Lipinski definition) is 1. The zero-order chi connectivity index (χ0) is 14.0.